The zero-order valence-corrected chi connectivity index (χ0v) is 11.9. The van der Waals surface area contributed by atoms with Crippen molar-refractivity contribution in [1.29, 1.82) is 0 Å². The second kappa shape index (κ2) is 6.67. The molecule has 0 fully saturated rings. The molecule has 0 aromatic carbocycles. The van der Waals surface area contributed by atoms with E-state index in [1.165, 1.54) is 21.4 Å². The highest BCUT2D eigenvalue weighted by Gasteiger charge is 2.23. The molecule has 0 atom stereocenters. The molecule has 1 aromatic heterocycles. The van der Waals surface area contributed by atoms with Crippen molar-refractivity contribution < 1.29 is 18.3 Å². The lowest BCUT2D eigenvalue weighted by Gasteiger charge is -2.18. The van der Waals surface area contributed by atoms with Gasteiger partial charge in [-0.2, -0.15) is 9.40 Å². The summed E-state index contributed by atoms with van der Waals surface area (Å²) in [5, 5.41) is 12.4. The molecule has 8 heteroatoms. The Morgan fingerprint density at radius 1 is 1.47 bits per heavy atom. The van der Waals surface area contributed by atoms with Gasteiger partial charge in [-0.3, -0.25) is 9.48 Å². The van der Waals surface area contributed by atoms with Gasteiger partial charge in [-0.25, -0.2) is 8.42 Å². The largest absolute Gasteiger partial charge is 0.481 e. The highest BCUT2D eigenvalue weighted by molar-refractivity contribution is 7.89. The van der Waals surface area contributed by atoms with Crippen LogP contribution in [0.25, 0.3) is 0 Å². The van der Waals surface area contributed by atoms with Crippen molar-refractivity contribution in [3.8, 4) is 0 Å². The van der Waals surface area contributed by atoms with Crippen molar-refractivity contribution in [2.75, 3.05) is 13.1 Å². The minimum atomic E-state index is -3.53. The van der Waals surface area contributed by atoms with E-state index in [4.69, 9.17) is 5.11 Å². The fourth-order valence-electron chi connectivity index (χ4n) is 1.66. The maximum absolute atomic E-state index is 12.3. The Morgan fingerprint density at radius 3 is 2.68 bits per heavy atom. The molecule has 0 saturated heterocycles. The molecule has 19 heavy (non-hydrogen) atoms. The first kappa shape index (κ1) is 15.6. The summed E-state index contributed by atoms with van der Waals surface area (Å²) in [6.45, 7) is 4.71. The maximum Gasteiger partial charge on any atom is 0.305 e. The number of hydrogen-bond acceptors (Lipinski definition) is 4. The number of carboxylic acids is 1. The molecular formula is C11H19N3O4S. The van der Waals surface area contributed by atoms with Crippen molar-refractivity contribution in [3.05, 3.63) is 12.4 Å². The van der Waals surface area contributed by atoms with Crippen molar-refractivity contribution >= 4 is 16.0 Å². The van der Waals surface area contributed by atoms with Gasteiger partial charge in [-0.05, 0) is 6.42 Å². The van der Waals surface area contributed by atoms with Crippen molar-refractivity contribution in [2.24, 2.45) is 0 Å². The van der Waals surface area contributed by atoms with Crippen LogP contribution in [-0.2, 0) is 21.4 Å². The first-order valence-corrected chi connectivity index (χ1v) is 7.60. The van der Waals surface area contributed by atoms with Crippen LogP contribution in [0.4, 0.5) is 0 Å². The number of aromatic nitrogens is 2. The summed E-state index contributed by atoms with van der Waals surface area (Å²) >= 11 is 0. The van der Waals surface area contributed by atoms with Crippen molar-refractivity contribution in [2.45, 2.75) is 38.1 Å². The summed E-state index contributed by atoms with van der Waals surface area (Å²) in [5.41, 5.74) is 0. The minimum Gasteiger partial charge on any atom is -0.481 e. The van der Waals surface area contributed by atoms with Crippen molar-refractivity contribution in [1.82, 2.24) is 14.1 Å². The van der Waals surface area contributed by atoms with Gasteiger partial charge in [0.1, 0.15) is 4.90 Å². The first-order valence-electron chi connectivity index (χ1n) is 6.16. The van der Waals surface area contributed by atoms with Crippen LogP contribution < -0.4 is 0 Å². The standard InChI is InChI=1S/C11H19N3O4S/c1-3-6-14(4-2)19(17,18)10-8-12-13(9-10)7-5-11(15)16/h8-9H,3-7H2,1-2H3,(H,15,16). The molecule has 1 aromatic rings. The van der Waals surface area contributed by atoms with Crippen LogP contribution in [0, 0.1) is 0 Å². The smallest absolute Gasteiger partial charge is 0.305 e. The fraction of sp³-hybridized carbons (Fsp3) is 0.636. The average molecular weight is 289 g/mol. The van der Waals surface area contributed by atoms with Gasteiger partial charge in [0.25, 0.3) is 0 Å². The van der Waals surface area contributed by atoms with Crippen LogP contribution in [0.3, 0.4) is 0 Å². The summed E-state index contributed by atoms with van der Waals surface area (Å²) in [6.07, 6.45) is 3.28. The van der Waals surface area contributed by atoms with Gasteiger partial charge in [0.15, 0.2) is 0 Å². The van der Waals surface area contributed by atoms with Gasteiger partial charge >= 0.3 is 5.97 Å². The minimum absolute atomic E-state index is 0.0897. The normalized spacial score (nSPS) is 11.9. The summed E-state index contributed by atoms with van der Waals surface area (Å²) in [5.74, 6) is -0.943. The fourth-order valence-corrected chi connectivity index (χ4v) is 3.15. The summed E-state index contributed by atoms with van der Waals surface area (Å²) < 4.78 is 27.2. The molecular weight excluding hydrogens is 270 g/mol. The summed E-state index contributed by atoms with van der Waals surface area (Å²) in [6, 6.07) is 0. The molecule has 0 aliphatic rings. The Kier molecular flexibility index (Phi) is 5.49. The Hall–Kier alpha value is -1.41. The summed E-state index contributed by atoms with van der Waals surface area (Å²) in [4.78, 5) is 10.6. The molecule has 0 saturated carbocycles. The molecule has 0 aliphatic heterocycles. The predicted octanol–water partition coefficient (Wildman–Crippen LogP) is 0.778. The third kappa shape index (κ3) is 4.03. The van der Waals surface area contributed by atoms with Gasteiger partial charge in [-0.1, -0.05) is 13.8 Å². The number of aliphatic carboxylic acids is 1. The topological polar surface area (TPSA) is 92.5 Å². The molecule has 0 unspecified atom stereocenters. The lowest BCUT2D eigenvalue weighted by atomic mass is 10.4. The van der Waals surface area contributed by atoms with E-state index < -0.39 is 16.0 Å². The molecule has 7 nitrogen and oxygen atoms in total. The van der Waals surface area contributed by atoms with E-state index in [1.807, 2.05) is 6.92 Å². The highest BCUT2D eigenvalue weighted by Crippen LogP contribution is 2.15. The van der Waals surface area contributed by atoms with Crippen LogP contribution in [0.2, 0.25) is 0 Å². The summed E-state index contributed by atoms with van der Waals surface area (Å²) in [7, 11) is -3.53. The van der Waals surface area contributed by atoms with E-state index in [0.29, 0.717) is 13.1 Å². The number of rotatable bonds is 8. The number of carboxylic acid groups (broad SMARTS) is 1. The number of hydrogen-bond donors (Lipinski definition) is 1. The number of carbonyl (C=O) groups is 1. The van der Waals surface area contributed by atoms with Crippen LogP contribution in [-0.4, -0.2) is 46.7 Å². The zero-order chi connectivity index (χ0) is 14.5. The first-order chi connectivity index (χ1) is 8.91. The highest BCUT2D eigenvalue weighted by atomic mass is 32.2. The lowest BCUT2D eigenvalue weighted by molar-refractivity contribution is -0.137. The Bertz CT molecular complexity index is 524. The molecule has 0 amide bonds. The number of sulfonamides is 1. The SMILES string of the molecule is CCCN(CC)S(=O)(=O)c1cnn(CCC(=O)O)c1. The predicted molar refractivity (Wildman–Crippen MR) is 69.2 cm³/mol. The van der Waals surface area contributed by atoms with Crippen LogP contribution >= 0.6 is 0 Å². The van der Waals surface area contributed by atoms with Gasteiger partial charge in [0.05, 0.1) is 19.2 Å². The van der Waals surface area contributed by atoms with Crippen LogP contribution in [0.5, 0.6) is 0 Å². The van der Waals surface area contributed by atoms with Crippen LogP contribution in [0.15, 0.2) is 17.3 Å². The Balaban J connectivity index is 2.87. The monoisotopic (exact) mass is 289 g/mol. The lowest BCUT2D eigenvalue weighted by Crippen LogP contribution is -2.31. The van der Waals surface area contributed by atoms with E-state index >= 15 is 0 Å². The third-order valence-electron chi connectivity index (χ3n) is 2.63. The van der Waals surface area contributed by atoms with Gasteiger partial charge in [-0.15, -0.1) is 0 Å². The third-order valence-corrected chi connectivity index (χ3v) is 4.55. The second-order valence-corrected chi connectivity index (χ2v) is 6.02. The maximum atomic E-state index is 12.3. The second-order valence-electron chi connectivity index (χ2n) is 4.08. The molecule has 1 heterocycles. The van der Waals surface area contributed by atoms with E-state index in [1.54, 1.807) is 6.92 Å². The quantitative estimate of drug-likeness (QED) is 0.763. The molecule has 0 spiro atoms. The Labute approximate surface area is 112 Å². The molecule has 0 radical (unpaired) electrons. The molecule has 108 valence electrons. The van der Waals surface area contributed by atoms with E-state index in [0.717, 1.165) is 6.42 Å². The average Bonchev–Trinajstić information content (AvgIpc) is 2.82. The molecule has 0 bridgehead atoms. The molecule has 1 N–H and O–H groups in total. The Morgan fingerprint density at radius 2 is 2.16 bits per heavy atom. The van der Waals surface area contributed by atoms with E-state index in [-0.39, 0.29) is 17.9 Å². The molecule has 0 aliphatic carbocycles. The van der Waals surface area contributed by atoms with E-state index in [9.17, 15) is 13.2 Å². The van der Waals surface area contributed by atoms with Crippen molar-refractivity contribution in [3.63, 3.8) is 0 Å². The molecule has 1 rings (SSSR count). The zero-order valence-electron chi connectivity index (χ0n) is 11.1. The van der Waals surface area contributed by atoms with Gasteiger partial charge in [0, 0.05) is 19.3 Å². The van der Waals surface area contributed by atoms with E-state index in [2.05, 4.69) is 5.10 Å². The van der Waals surface area contributed by atoms with Gasteiger partial charge in [0.2, 0.25) is 10.0 Å². The van der Waals surface area contributed by atoms with Crippen LogP contribution in [0.1, 0.15) is 26.7 Å². The number of nitrogens with zero attached hydrogens (tertiary/aromatic N) is 3. The number of aryl methyl sites for hydroxylation is 1. The van der Waals surface area contributed by atoms with Gasteiger partial charge < -0.3 is 5.11 Å².